The number of rotatable bonds is 3. The molecule has 1 aliphatic carbocycles. The molecule has 1 nitrogen and oxygen atoms in total. The zero-order chi connectivity index (χ0) is 19.1. The van der Waals surface area contributed by atoms with Gasteiger partial charge in [-0.15, -0.1) is 13.2 Å². The highest BCUT2D eigenvalue weighted by Crippen LogP contribution is 2.39. The Hall–Kier alpha value is -2.44. The van der Waals surface area contributed by atoms with Crippen molar-refractivity contribution in [2.45, 2.75) is 31.5 Å². The fourth-order valence-corrected chi connectivity index (χ4v) is 3.30. The minimum absolute atomic E-state index is 0.0231. The Labute approximate surface area is 145 Å². The van der Waals surface area contributed by atoms with Crippen LogP contribution in [-0.2, 0) is 12.8 Å². The fourth-order valence-electron chi connectivity index (χ4n) is 3.30. The monoisotopic (exact) mass is 372 g/mol. The second kappa shape index (κ2) is 6.70. The summed E-state index contributed by atoms with van der Waals surface area (Å²) in [7, 11) is 0. The van der Waals surface area contributed by atoms with Gasteiger partial charge in [0, 0.05) is 0 Å². The maximum atomic E-state index is 14.3. The molecule has 0 radical (unpaired) electrons. The molecule has 7 heteroatoms. The Balaban J connectivity index is 1.93. The molecule has 1 aliphatic rings. The van der Waals surface area contributed by atoms with E-state index in [4.69, 9.17) is 0 Å². The summed E-state index contributed by atoms with van der Waals surface area (Å²) in [6.45, 7) is 3.55. The maximum Gasteiger partial charge on any atom is 0.573 e. The van der Waals surface area contributed by atoms with Gasteiger partial charge in [-0.1, -0.05) is 24.8 Å². The van der Waals surface area contributed by atoms with E-state index in [1.807, 2.05) is 0 Å². The molecule has 3 rings (SSSR count). The molecule has 0 saturated heterocycles. The highest BCUT2D eigenvalue weighted by Gasteiger charge is 2.36. The van der Waals surface area contributed by atoms with E-state index in [9.17, 15) is 26.3 Å². The Morgan fingerprint density at radius 1 is 1.08 bits per heavy atom. The van der Waals surface area contributed by atoms with Gasteiger partial charge in [-0.25, -0.2) is 13.2 Å². The highest BCUT2D eigenvalue weighted by molar-refractivity contribution is 5.49. The molecule has 0 spiro atoms. The lowest BCUT2D eigenvalue weighted by Crippen LogP contribution is -2.21. The SMILES string of the molecule is C=Cc1ccc(C2CCc3c(cc(F)c(OC(F)(F)F)c3F)C2)c(F)c1. The van der Waals surface area contributed by atoms with Crippen molar-refractivity contribution in [3.8, 4) is 5.75 Å². The van der Waals surface area contributed by atoms with Gasteiger partial charge in [0.2, 0.25) is 5.75 Å². The van der Waals surface area contributed by atoms with Crippen LogP contribution in [0.3, 0.4) is 0 Å². The molecule has 26 heavy (non-hydrogen) atoms. The van der Waals surface area contributed by atoms with Crippen molar-refractivity contribution in [3.05, 3.63) is 70.5 Å². The average Bonchev–Trinajstić information content (AvgIpc) is 2.57. The molecule has 0 fully saturated rings. The Kier molecular flexibility index (Phi) is 4.73. The molecule has 0 heterocycles. The quantitative estimate of drug-likeness (QED) is 0.608. The van der Waals surface area contributed by atoms with Crippen molar-refractivity contribution in [3.63, 3.8) is 0 Å². The van der Waals surface area contributed by atoms with Crippen LogP contribution >= 0.6 is 0 Å². The van der Waals surface area contributed by atoms with Crippen LogP contribution in [0.2, 0.25) is 0 Å². The van der Waals surface area contributed by atoms with Crippen molar-refractivity contribution in [1.29, 1.82) is 0 Å². The molecule has 1 atom stereocenters. The maximum absolute atomic E-state index is 14.3. The number of hydrogen-bond acceptors (Lipinski definition) is 1. The van der Waals surface area contributed by atoms with Crippen molar-refractivity contribution in [2.24, 2.45) is 0 Å². The van der Waals surface area contributed by atoms with E-state index < -0.39 is 29.6 Å². The van der Waals surface area contributed by atoms with Crippen molar-refractivity contribution in [2.75, 3.05) is 0 Å². The topological polar surface area (TPSA) is 9.23 Å². The number of fused-ring (bicyclic) bond motifs is 1. The van der Waals surface area contributed by atoms with Gasteiger partial charge in [0.1, 0.15) is 5.82 Å². The largest absolute Gasteiger partial charge is 0.573 e. The number of ether oxygens (including phenoxy) is 1. The second-order valence-electron chi connectivity index (χ2n) is 6.11. The predicted molar refractivity (Wildman–Crippen MR) is 84.3 cm³/mol. The minimum Gasteiger partial charge on any atom is -0.399 e. The van der Waals surface area contributed by atoms with Crippen LogP contribution in [0.5, 0.6) is 5.75 Å². The molecule has 0 amide bonds. The molecule has 138 valence electrons. The van der Waals surface area contributed by atoms with Gasteiger partial charge in [0.25, 0.3) is 0 Å². The van der Waals surface area contributed by atoms with Crippen LogP contribution in [0.4, 0.5) is 26.3 Å². The predicted octanol–water partition coefficient (Wildman–Crippen LogP) is 5.92. The number of benzene rings is 2. The van der Waals surface area contributed by atoms with E-state index in [1.165, 1.54) is 12.1 Å². The number of halogens is 6. The van der Waals surface area contributed by atoms with Gasteiger partial charge in [0.05, 0.1) is 0 Å². The van der Waals surface area contributed by atoms with E-state index in [-0.39, 0.29) is 29.9 Å². The molecule has 2 aromatic carbocycles. The second-order valence-corrected chi connectivity index (χ2v) is 6.11. The van der Waals surface area contributed by atoms with E-state index in [0.29, 0.717) is 17.5 Å². The van der Waals surface area contributed by atoms with Gasteiger partial charge in [-0.3, -0.25) is 0 Å². The molecule has 0 aromatic heterocycles. The Morgan fingerprint density at radius 3 is 2.42 bits per heavy atom. The summed E-state index contributed by atoms with van der Waals surface area (Å²) in [6, 6.07) is 5.43. The summed E-state index contributed by atoms with van der Waals surface area (Å²) in [5.41, 5.74) is 1.20. The van der Waals surface area contributed by atoms with Gasteiger partial charge >= 0.3 is 6.36 Å². The number of alkyl halides is 3. The van der Waals surface area contributed by atoms with Crippen molar-refractivity contribution in [1.82, 2.24) is 0 Å². The summed E-state index contributed by atoms with van der Waals surface area (Å²) < 4.78 is 82.9. The lowest BCUT2D eigenvalue weighted by atomic mass is 9.79. The van der Waals surface area contributed by atoms with E-state index in [1.54, 1.807) is 12.1 Å². The van der Waals surface area contributed by atoms with Gasteiger partial charge in [0.15, 0.2) is 11.6 Å². The Morgan fingerprint density at radius 2 is 1.81 bits per heavy atom. The smallest absolute Gasteiger partial charge is 0.399 e. The first-order valence-electron chi connectivity index (χ1n) is 7.87. The highest BCUT2D eigenvalue weighted by atomic mass is 19.4. The molecule has 1 unspecified atom stereocenters. The molecule has 0 saturated carbocycles. The molecular formula is C19H14F6O. The first-order valence-corrected chi connectivity index (χ1v) is 7.87. The molecular weight excluding hydrogens is 358 g/mol. The minimum atomic E-state index is -5.19. The fraction of sp³-hybridized carbons (Fsp3) is 0.263. The molecule has 0 bridgehead atoms. The first-order chi connectivity index (χ1) is 12.2. The lowest BCUT2D eigenvalue weighted by Gasteiger charge is -2.26. The van der Waals surface area contributed by atoms with Gasteiger partial charge < -0.3 is 4.74 Å². The van der Waals surface area contributed by atoms with E-state index >= 15 is 0 Å². The summed E-state index contributed by atoms with van der Waals surface area (Å²) >= 11 is 0. The Bertz CT molecular complexity index is 856. The third kappa shape index (κ3) is 3.57. The van der Waals surface area contributed by atoms with Crippen LogP contribution < -0.4 is 4.74 Å². The van der Waals surface area contributed by atoms with Crippen LogP contribution in [0.25, 0.3) is 6.08 Å². The molecule has 2 aromatic rings. The third-order valence-corrected chi connectivity index (χ3v) is 4.50. The normalized spacial score (nSPS) is 16.9. The van der Waals surface area contributed by atoms with Crippen LogP contribution in [-0.4, -0.2) is 6.36 Å². The van der Waals surface area contributed by atoms with Crippen molar-refractivity contribution >= 4 is 6.08 Å². The number of hydrogen-bond donors (Lipinski definition) is 0. The van der Waals surface area contributed by atoms with Crippen LogP contribution in [0, 0.1) is 17.5 Å². The zero-order valence-electron chi connectivity index (χ0n) is 13.5. The lowest BCUT2D eigenvalue weighted by molar-refractivity contribution is -0.276. The van der Waals surface area contributed by atoms with E-state index in [0.717, 1.165) is 6.07 Å². The summed E-state index contributed by atoms with van der Waals surface area (Å²) in [4.78, 5) is 0. The van der Waals surface area contributed by atoms with Crippen LogP contribution in [0.1, 0.15) is 34.6 Å². The van der Waals surface area contributed by atoms with E-state index in [2.05, 4.69) is 11.3 Å². The first kappa shape index (κ1) is 18.4. The molecule has 0 aliphatic heterocycles. The van der Waals surface area contributed by atoms with Gasteiger partial charge in [-0.05, 0) is 59.6 Å². The van der Waals surface area contributed by atoms with Gasteiger partial charge in [-0.2, -0.15) is 0 Å². The van der Waals surface area contributed by atoms with Crippen LogP contribution in [0.15, 0.2) is 30.8 Å². The standard InChI is InChI=1S/C19H14F6O/c1-2-10-3-5-13(15(20)7-10)11-4-6-14-12(8-11)9-16(21)18(17(14)22)26-19(23,24)25/h2-3,5,7,9,11H,1,4,6,8H2. The summed E-state index contributed by atoms with van der Waals surface area (Å²) in [5.74, 6) is -5.00. The summed E-state index contributed by atoms with van der Waals surface area (Å²) in [6.07, 6.45) is -3.19. The third-order valence-electron chi connectivity index (χ3n) is 4.50. The summed E-state index contributed by atoms with van der Waals surface area (Å²) in [5, 5.41) is 0. The molecule has 0 N–H and O–H groups in total. The van der Waals surface area contributed by atoms with Crippen molar-refractivity contribution < 1.29 is 31.1 Å². The zero-order valence-corrected chi connectivity index (χ0v) is 13.5. The average molecular weight is 372 g/mol.